The van der Waals surface area contributed by atoms with Gasteiger partial charge >= 0.3 is 6.03 Å². The first kappa shape index (κ1) is 31.2. The lowest BCUT2D eigenvalue weighted by Crippen LogP contribution is -2.50. The number of aliphatic hydroxyl groups excluding tert-OH is 1. The number of urea groups is 1. The van der Waals surface area contributed by atoms with Crippen LogP contribution in [0.5, 0.6) is 5.75 Å². The van der Waals surface area contributed by atoms with E-state index < -0.39 is 39.9 Å². The smallest absolute Gasteiger partial charge is 0.323 e. The highest BCUT2D eigenvalue weighted by Crippen LogP contribution is 2.35. The lowest BCUT2D eigenvalue weighted by molar-refractivity contribution is 0.0389. The molecule has 0 radical (unpaired) electrons. The molecule has 10 nitrogen and oxygen atoms in total. The highest BCUT2D eigenvalue weighted by molar-refractivity contribution is 7.89. The minimum absolute atomic E-state index is 0.0545. The number of amides is 3. The van der Waals surface area contributed by atoms with Gasteiger partial charge in [0.1, 0.15) is 11.9 Å². The van der Waals surface area contributed by atoms with Gasteiger partial charge in [-0.15, -0.1) is 0 Å². The van der Waals surface area contributed by atoms with E-state index >= 15 is 0 Å². The summed E-state index contributed by atoms with van der Waals surface area (Å²) in [4.78, 5) is 28.1. The van der Waals surface area contributed by atoms with Crippen LogP contribution in [0.15, 0.2) is 71.6 Å². The lowest BCUT2D eigenvalue weighted by atomic mass is 9.99. The summed E-state index contributed by atoms with van der Waals surface area (Å²) in [5.41, 5.74) is 0.641. The van der Waals surface area contributed by atoms with E-state index in [0.29, 0.717) is 10.7 Å². The molecular weight excluding hydrogens is 587 g/mol. The van der Waals surface area contributed by atoms with Gasteiger partial charge in [-0.25, -0.2) is 17.6 Å². The third kappa shape index (κ3) is 7.01. The Morgan fingerprint density at radius 1 is 1.14 bits per heavy atom. The van der Waals surface area contributed by atoms with Gasteiger partial charge in [0.25, 0.3) is 5.91 Å². The number of fused-ring (bicyclic) bond motifs is 1. The summed E-state index contributed by atoms with van der Waals surface area (Å²) in [5, 5.41) is 15.6. The fraction of sp³-hybridized carbons (Fsp3) is 0.310. The maximum absolute atomic E-state index is 13.7. The molecule has 3 aromatic rings. The number of carbonyl (C=O) groups is 2. The van der Waals surface area contributed by atoms with Crippen molar-refractivity contribution in [1.29, 1.82) is 0 Å². The zero-order chi connectivity index (χ0) is 30.6. The number of nitrogens with one attached hydrogen (secondary N) is 2. The molecule has 0 unspecified atom stereocenters. The number of aliphatic hydroxyl groups is 1. The summed E-state index contributed by atoms with van der Waals surface area (Å²) < 4.78 is 47.5. The zero-order valence-corrected chi connectivity index (χ0v) is 24.8. The molecule has 3 atom stereocenters. The number of likely N-dealkylation sites (N-methyl/N-ethyl adjacent to an activating group) is 1. The Morgan fingerprint density at radius 2 is 1.81 bits per heavy atom. The molecule has 0 bridgehead atoms. The first-order valence-electron chi connectivity index (χ1n) is 13.2. The molecule has 0 spiro atoms. The standard InChI is InChI=1S/C29H32ClFN4O6S/c1-18-15-35(19(2)17-36)28(37)24-5-4-6-25(33-29(38)32-22-11-9-21(31)10-12-22)27(24)41-26(18)16-34(3)42(39,40)23-13-7-20(30)8-14-23/h4-14,18-19,26,36H,15-17H2,1-3H3,(H2,32,33,38)/t18-,19+,26+/m1/s1. The van der Waals surface area contributed by atoms with E-state index in [2.05, 4.69) is 10.6 Å². The number of carbonyl (C=O) groups excluding carboxylic acids is 2. The van der Waals surface area contributed by atoms with Gasteiger partial charge in [0.15, 0.2) is 5.75 Å². The van der Waals surface area contributed by atoms with Crippen molar-refractivity contribution in [3.05, 3.63) is 83.1 Å². The van der Waals surface area contributed by atoms with Crippen LogP contribution in [0.1, 0.15) is 24.2 Å². The van der Waals surface area contributed by atoms with Crippen LogP contribution in [0, 0.1) is 11.7 Å². The van der Waals surface area contributed by atoms with E-state index in [-0.39, 0.29) is 47.5 Å². The number of hydrogen-bond acceptors (Lipinski definition) is 6. The number of para-hydroxylation sites is 1. The topological polar surface area (TPSA) is 128 Å². The van der Waals surface area contributed by atoms with Crippen molar-refractivity contribution < 1.29 is 32.2 Å². The minimum Gasteiger partial charge on any atom is -0.486 e. The Morgan fingerprint density at radius 3 is 2.45 bits per heavy atom. The normalized spacial score (nSPS) is 18.0. The number of benzene rings is 3. The van der Waals surface area contributed by atoms with Crippen molar-refractivity contribution >= 4 is 44.9 Å². The maximum atomic E-state index is 13.7. The number of anilines is 2. The van der Waals surface area contributed by atoms with Gasteiger partial charge < -0.3 is 25.4 Å². The first-order valence-corrected chi connectivity index (χ1v) is 15.0. The molecule has 3 N–H and O–H groups in total. The highest BCUT2D eigenvalue weighted by atomic mass is 35.5. The van der Waals surface area contributed by atoms with Crippen molar-refractivity contribution in [3.63, 3.8) is 0 Å². The molecule has 13 heteroatoms. The molecule has 3 amide bonds. The van der Waals surface area contributed by atoms with Crippen molar-refractivity contribution in [2.75, 3.05) is 37.4 Å². The van der Waals surface area contributed by atoms with Gasteiger partial charge in [0.05, 0.1) is 35.3 Å². The van der Waals surface area contributed by atoms with Gasteiger partial charge in [0.2, 0.25) is 10.0 Å². The first-order chi connectivity index (χ1) is 19.9. The molecule has 1 aliphatic heterocycles. The summed E-state index contributed by atoms with van der Waals surface area (Å²) in [6.07, 6.45) is -0.763. The number of sulfonamides is 1. The Balaban J connectivity index is 1.68. The van der Waals surface area contributed by atoms with Crippen LogP contribution in [-0.2, 0) is 10.0 Å². The summed E-state index contributed by atoms with van der Waals surface area (Å²) in [5.74, 6) is -1.20. The molecule has 1 heterocycles. The predicted molar refractivity (Wildman–Crippen MR) is 158 cm³/mol. The monoisotopic (exact) mass is 618 g/mol. The molecule has 0 fully saturated rings. The molecular formula is C29H32ClFN4O6S. The Hall–Kier alpha value is -3.71. The van der Waals surface area contributed by atoms with Gasteiger partial charge in [-0.2, -0.15) is 4.31 Å². The lowest BCUT2D eigenvalue weighted by Gasteiger charge is -2.38. The third-order valence-corrected chi connectivity index (χ3v) is 9.09. The minimum atomic E-state index is -3.92. The van der Waals surface area contributed by atoms with Crippen molar-refractivity contribution in [2.24, 2.45) is 5.92 Å². The molecule has 224 valence electrons. The van der Waals surface area contributed by atoms with Crippen LogP contribution in [0.25, 0.3) is 0 Å². The second-order valence-corrected chi connectivity index (χ2v) is 12.6. The molecule has 0 aliphatic carbocycles. The number of ether oxygens (including phenoxy) is 1. The van der Waals surface area contributed by atoms with Gasteiger partial charge in [-0.1, -0.05) is 24.6 Å². The van der Waals surface area contributed by atoms with Crippen molar-refractivity contribution in [1.82, 2.24) is 9.21 Å². The molecule has 0 saturated carbocycles. The number of hydrogen-bond donors (Lipinski definition) is 3. The summed E-state index contributed by atoms with van der Waals surface area (Å²) in [6, 6.07) is 14.5. The molecule has 1 aliphatic rings. The van der Waals surface area contributed by atoms with E-state index in [0.717, 1.165) is 4.31 Å². The van der Waals surface area contributed by atoms with Gasteiger partial charge in [-0.05, 0) is 67.6 Å². The average molecular weight is 619 g/mol. The average Bonchev–Trinajstić information content (AvgIpc) is 2.96. The van der Waals surface area contributed by atoms with E-state index in [9.17, 15) is 27.5 Å². The summed E-state index contributed by atoms with van der Waals surface area (Å²) in [6.45, 7) is 3.33. The van der Waals surface area contributed by atoms with Crippen LogP contribution < -0.4 is 15.4 Å². The molecule has 4 rings (SSSR count). The second-order valence-electron chi connectivity index (χ2n) is 10.1. The Kier molecular flexibility index (Phi) is 9.72. The van der Waals surface area contributed by atoms with Gasteiger partial charge in [-0.3, -0.25) is 4.79 Å². The second kappa shape index (κ2) is 13.1. The van der Waals surface area contributed by atoms with E-state index in [1.54, 1.807) is 25.1 Å². The van der Waals surface area contributed by atoms with Crippen molar-refractivity contribution in [2.45, 2.75) is 30.9 Å². The largest absolute Gasteiger partial charge is 0.486 e. The molecule has 0 aromatic heterocycles. The fourth-order valence-electron chi connectivity index (χ4n) is 4.52. The zero-order valence-electron chi connectivity index (χ0n) is 23.3. The summed E-state index contributed by atoms with van der Waals surface area (Å²) in [7, 11) is -2.49. The van der Waals surface area contributed by atoms with Crippen LogP contribution in [0.3, 0.4) is 0 Å². The molecule has 3 aromatic carbocycles. The van der Waals surface area contributed by atoms with E-state index in [1.807, 2.05) is 6.92 Å². The fourth-order valence-corrected chi connectivity index (χ4v) is 5.82. The Labute approximate surface area is 249 Å². The van der Waals surface area contributed by atoms with Crippen LogP contribution in [-0.4, -0.2) is 73.6 Å². The van der Waals surface area contributed by atoms with E-state index in [1.165, 1.54) is 60.5 Å². The Bertz CT molecular complexity index is 1540. The molecule has 0 saturated heterocycles. The van der Waals surface area contributed by atoms with E-state index in [4.69, 9.17) is 16.3 Å². The van der Waals surface area contributed by atoms with Crippen LogP contribution >= 0.6 is 11.6 Å². The quantitative estimate of drug-likeness (QED) is 0.337. The van der Waals surface area contributed by atoms with Crippen LogP contribution in [0.4, 0.5) is 20.6 Å². The number of halogens is 2. The van der Waals surface area contributed by atoms with Gasteiger partial charge in [0, 0.05) is 30.2 Å². The van der Waals surface area contributed by atoms with Crippen LogP contribution in [0.2, 0.25) is 5.02 Å². The molecule has 42 heavy (non-hydrogen) atoms. The number of rotatable bonds is 8. The SMILES string of the molecule is C[C@@H]1CN([C@@H](C)CO)C(=O)c2cccc(NC(=O)Nc3ccc(F)cc3)c2O[C@H]1CN(C)S(=O)(=O)c1ccc(Cl)cc1. The maximum Gasteiger partial charge on any atom is 0.323 e. The third-order valence-electron chi connectivity index (χ3n) is 7.00. The van der Waals surface area contributed by atoms with Crippen molar-refractivity contribution in [3.8, 4) is 5.75 Å². The predicted octanol–water partition coefficient (Wildman–Crippen LogP) is 4.66. The number of nitrogens with zero attached hydrogens (tertiary/aromatic N) is 2. The highest BCUT2D eigenvalue weighted by Gasteiger charge is 2.36. The summed E-state index contributed by atoms with van der Waals surface area (Å²) >= 11 is 5.93.